The number of nitrogens with one attached hydrogen (secondary N) is 1. The summed E-state index contributed by atoms with van der Waals surface area (Å²) in [5.74, 6) is -0.921. The number of aldehydes is 1. The van der Waals surface area contributed by atoms with Crippen LogP contribution in [0.15, 0.2) is 0 Å². The van der Waals surface area contributed by atoms with Crippen LogP contribution in [0.3, 0.4) is 0 Å². The molecule has 0 radical (unpaired) electrons. The maximum atomic E-state index is 10.2. The Bertz CT molecular complexity index is 175. The summed E-state index contributed by atoms with van der Waals surface area (Å²) in [5.41, 5.74) is 0. The Morgan fingerprint density at radius 3 is 2.22 bits per heavy atom. The van der Waals surface area contributed by atoms with E-state index in [9.17, 15) is 9.36 Å². The molecule has 2 unspecified atom stereocenters. The SMILES string of the molecule is O=CC1NC1P(=O)(O)O. The van der Waals surface area contributed by atoms with Crippen molar-refractivity contribution in [3.05, 3.63) is 0 Å². The molecule has 52 valence electrons. The van der Waals surface area contributed by atoms with Crippen LogP contribution < -0.4 is 5.32 Å². The van der Waals surface area contributed by atoms with Crippen LogP contribution in [0.1, 0.15) is 0 Å². The first-order valence-electron chi connectivity index (χ1n) is 2.32. The molecule has 0 amide bonds. The van der Waals surface area contributed by atoms with Crippen molar-refractivity contribution in [2.24, 2.45) is 0 Å². The van der Waals surface area contributed by atoms with Gasteiger partial charge in [0.2, 0.25) is 0 Å². The lowest BCUT2D eigenvalue weighted by atomic mass is 10.5. The molecule has 1 aliphatic heterocycles. The lowest BCUT2D eigenvalue weighted by molar-refractivity contribution is -0.107. The quantitative estimate of drug-likeness (QED) is 0.258. The minimum atomic E-state index is -4.04. The lowest BCUT2D eigenvalue weighted by Crippen LogP contribution is -1.94. The third-order valence-corrected chi connectivity index (χ3v) is 2.30. The Balaban J connectivity index is 2.52. The number of hydrogen-bond donors (Lipinski definition) is 3. The molecule has 0 aromatic carbocycles. The maximum Gasteiger partial charge on any atom is 0.344 e. The third-order valence-electron chi connectivity index (χ3n) is 1.10. The van der Waals surface area contributed by atoms with Crippen LogP contribution in [0, 0.1) is 0 Å². The molecule has 1 rings (SSSR count). The fourth-order valence-electron chi connectivity index (χ4n) is 0.562. The molecule has 1 saturated heterocycles. The molecule has 1 fully saturated rings. The fourth-order valence-corrected chi connectivity index (χ4v) is 1.42. The van der Waals surface area contributed by atoms with Crippen LogP contribution in [-0.4, -0.2) is 27.9 Å². The predicted molar refractivity (Wildman–Crippen MR) is 28.8 cm³/mol. The molecule has 1 aliphatic rings. The van der Waals surface area contributed by atoms with Gasteiger partial charge in [-0.3, -0.25) is 9.88 Å². The van der Waals surface area contributed by atoms with Crippen LogP contribution >= 0.6 is 7.60 Å². The number of hydrogen-bond acceptors (Lipinski definition) is 3. The van der Waals surface area contributed by atoms with Gasteiger partial charge in [-0.2, -0.15) is 0 Å². The van der Waals surface area contributed by atoms with Crippen LogP contribution in [0.25, 0.3) is 0 Å². The van der Waals surface area contributed by atoms with E-state index < -0.39 is 19.4 Å². The molecular weight excluding hydrogens is 145 g/mol. The molecule has 0 aliphatic carbocycles. The molecule has 0 saturated carbocycles. The minimum absolute atomic E-state index is 0.490. The van der Waals surface area contributed by atoms with Crippen molar-refractivity contribution >= 4 is 13.9 Å². The topological polar surface area (TPSA) is 96.5 Å². The van der Waals surface area contributed by atoms with E-state index in [1.165, 1.54) is 0 Å². The summed E-state index contributed by atoms with van der Waals surface area (Å²) < 4.78 is 10.2. The molecule has 5 nitrogen and oxygen atoms in total. The Kier molecular flexibility index (Phi) is 1.44. The van der Waals surface area contributed by atoms with Gasteiger partial charge in [-0.25, -0.2) is 0 Å². The van der Waals surface area contributed by atoms with Gasteiger partial charge in [-0.1, -0.05) is 0 Å². The molecular formula is C3H6NO4P. The van der Waals surface area contributed by atoms with Gasteiger partial charge in [-0.05, 0) is 0 Å². The van der Waals surface area contributed by atoms with Gasteiger partial charge in [0.05, 0.1) is 6.04 Å². The highest BCUT2D eigenvalue weighted by molar-refractivity contribution is 7.53. The van der Waals surface area contributed by atoms with Crippen molar-refractivity contribution in [1.82, 2.24) is 5.32 Å². The monoisotopic (exact) mass is 151 g/mol. The smallest absolute Gasteiger partial charge is 0.323 e. The Morgan fingerprint density at radius 1 is 1.56 bits per heavy atom. The zero-order valence-electron chi connectivity index (χ0n) is 4.39. The minimum Gasteiger partial charge on any atom is -0.323 e. The zero-order valence-corrected chi connectivity index (χ0v) is 5.28. The first-order valence-corrected chi connectivity index (χ1v) is 4.00. The van der Waals surface area contributed by atoms with E-state index in [-0.39, 0.29) is 0 Å². The van der Waals surface area contributed by atoms with Crippen molar-refractivity contribution in [3.8, 4) is 0 Å². The van der Waals surface area contributed by atoms with Crippen LogP contribution in [0.5, 0.6) is 0 Å². The average Bonchev–Trinajstić information content (AvgIpc) is 2.39. The number of rotatable bonds is 2. The second kappa shape index (κ2) is 1.88. The lowest BCUT2D eigenvalue weighted by Gasteiger charge is -1.95. The predicted octanol–water partition coefficient (Wildman–Crippen LogP) is -1.34. The van der Waals surface area contributed by atoms with E-state index in [0.29, 0.717) is 6.29 Å². The van der Waals surface area contributed by atoms with Crippen LogP contribution in [0.4, 0.5) is 0 Å². The molecule has 0 spiro atoms. The molecule has 3 N–H and O–H groups in total. The van der Waals surface area contributed by atoms with E-state index >= 15 is 0 Å². The summed E-state index contributed by atoms with van der Waals surface area (Å²) in [6.07, 6.45) is 0.490. The van der Waals surface area contributed by atoms with Crippen LogP contribution in [0.2, 0.25) is 0 Å². The first kappa shape index (κ1) is 6.89. The molecule has 1 heterocycles. The fraction of sp³-hybridized carbons (Fsp3) is 0.667. The van der Waals surface area contributed by atoms with Gasteiger partial charge >= 0.3 is 7.60 Å². The summed E-state index contributed by atoms with van der Waals surface area (Å²) in [6.45, 7) is 0. The van der Waals surface area contributed by atoms with Crippen molar-refractivity contribution in [2.45, 2.75) is 11.8 Å². The second-order valence-electron chi connectivity index (χ2n) is 1.86. The maximum absolute atomic E-state index is 10.2. The van der Waals surface area contributed by atoms with Gasteiger partial charge in [0, 0.05) is 0 Å². The summed E-state index contributed by atoms with van der Waals surface area (Å²) in [6, 6.07) is -0.633. The molecule has 0 aromatic rings. The summed E-state index contributed by atoms with van der Waals surface area (Å²) in [7, 11) is -4.04. The Hall–Kier alpha value is -0.220. The largest absolute Gasteiger partial charge is 0.344 e. The molecule has 9 heavy (non-hydrogen) atoms. The van der Waals surface area contributed by atoms with E-state index in [2.05, 4.69) is 5.32 Å². The molecule has 0 aromatic heterocycles. The van der Waals surface area contributed by atoms with E-state index in [0.717, 1.165) is 0 Å². The Morgan fingerprint density at radius 2 is 2.11 bits per heavy atom. The number of carbonyl (C=O) groups excluding carboxylic acids is 1. The zero-order chi connectivity index (χ0) is 7.07. The number of carbonyl (C=O) groups is 1. The first-order chi connectivity index (χ1) is 4.05. The van der Waals surface area contributed by atoms with Crippen molar-refractivity contribution < 1.29 is 19.1 Å². The molecule has 2 atom stereocenters. The third kappa shape index (κ3) is 1.37. The summed E-state index contributed by atoms with van der Waals surface area (Å²) >= 11 is 0. The average molecular weight is 151 g/mol. The summed E-state index contributed by atoms with van der Waals surface area (Å²) in [5, 5.41) is 2.33. The standard InChI is InChI=1S/C3H6NO4P/c5-1-2-3(4-2)9(6,7)8/h1-4H,(H2,6,7,8). The Labute approximate surface area is 51.2 Å². The van der Waals surface area contributed by atoms with E-state index in [4.69, 9.17) is 9.79 Å². The van der Waals surface area contributed by atoms with Gasteiger partial charge in [-0.15, -0.1) is 0 Å². The highest BCUT2D eigenvalue weighted by Crippen LogP contribution is 2.47. The highest BCUT2D eigenvalue weighted by Gasteiger charge is 2.48. The van der Waals surface area contributed by atoms with Gasteiger partial charge in [0.1, 0.15) is 12.1 Å². The molecule has 0 bridgehead atoms. The second-order valence-corrected chi connectivity index (χ2v) is 3.60. The van der Waals surface area contributed by atoms with Crippen molar-refractivity contribution in [2.75, 3.05) is 0 Å². The van der Waals surface area contributed by atoms with E-state index in [1.807, 2.05) is 0 Å². The van der Waals surface area contributed by atoms with Gasteiger partial charge in [0.15, 0.2) is 0 Å². The van der Waals surface area contributed by atoms with Gasteiger partial charge < -0.3 is 14.6 Å². The van der Waals surface area contributed by atoms with Crippen molar-refractivity contribution in [1.29, 1.82) is 0 Å². The van der Waals surface area contributed by atoms with Crippen molar-refractivity contribution in [3.63, 3.8) is 0 Å². The van der Waals surface area contributed by atoms with E-state index in [1.54, 1.807) is 0 Å². The normalized spacial score (nSPS) is 34.0. The molecule has 6 heteroatoms. The summed E-state index contributed by atoms with van der Waals surface area (Å²) in [4.78, 5) is 26.5. The van der Waals surface area contributed by atoms with Gasteiger partial charge in [0.25, 0.3) is 0 Å². The van der Waals surface area contributed by atoms with Crippen LogP contribution in [-0.2, 0) is 9.36 Å². The highest BCUT2D eigenvalue weighted by atomic mass is 31.2.